The molecule has 1 spiro atoms. The third kappa shape index (κ3) is 3.92. The Balaban J connectivity index is 1.54. The molecule has 0 radical (unpaired) electrons. The van der Waals surface area contributed by atoms with Gasteiger partial charge >= 0.3 is 0 Å². The van der Waals surface area contributed by atoms with E-state index in [1.165, 1.54) is 6.42 Å². The van der Waals surface area contributed by atoms with Gasteiger partial charge in [-0.1, -0.05) is 32.0 Å². The van der Waals surface area contributed by atoms with Gasteiger partial charge in [-0.2, -0.15) is 5.10 Å². The van der Waals surface area contributed by atoms with E-state index >= 15 is 0 Å². The molecule has 0 saturated carbocycles. The molecule has 1 amide bonds. The van der Waals surface area contributed by atoms with E-state index in [1.807, 2.05) is 41.4 Å². The molecular formula is C22H30N4O2. The van der Waals surface area contributed by atoms with E-state index < -0.39 is 0 Å². The van der Waals surface area contributed by atoms with Crippen LogP contribution in [0.3, 0.4) is 0 Å². The Labute approximate surface area is 166 Å². The summed E-state index contributed by atoms with van der Waals surface area (Å²) in [5.41, 5.74) is 1.73. The molecule has 0 aliphatic carbocycles. The Morgan fingerprint density at radius 1 is 1.21 bits per heavy atom. The smallest absolute Gasteiger partial charge is 0.278 e. The summed E-state index contributed by atoms with van der Waals surface area (Å²) in [5, 5.41) is 8.09. The Hall–Kier alpha value is -2.34. The summed E-state index contributed by atoms with van der Waals surface area (Å²) in [6.45, 7) is 8.54. The molecule has 150 valence electrons. The number of carbonyl (C=O) groups is 1. The van der Waals surface area contributed by atoms with E-state index in [4.69, 9.17) is 4.74 Å². The molecule has 6 heteroatoms. The molecule has 2 aliphatic rings. The van der Waals surface area contributed by atoms with Crippen LogP contribution in [0.5, 0.6) is 5.75 Å². The summed E-state index contributed by atoms with van der Waals surface area (Å²) in [4.78, 5) is 15.2. The van der Waals surface area contributed by atoms with Gasteiger partial charge in [-0.3, -0.25) is 4.79 Å². The summed E-state index contributed by atoms with van der Waals surface area (Å²) in [6.07, 6.45) is 5.18. The number of ether oxygens (including phenoxy) is 1. The lowest BCUT2D eigenvalue weighted by molar-refractivity contribution is 0.0597. The lowest BCUT2D eigenvalue weighted by Crippen LogP contribution is -2.44. The van der Waals surface area contributed by atoms with E-state index in [0.717, 1.165) is 44.7 Å². The third-order valence-corrected chi connectivity index (χ3v) is 5.92. The van der Waals surface area contributed by atoms with Gasteiger partial charge in [0.05, 0.1) is 18.5 Å². The Bertz CT molecular complexity index is 799. The Kier molecular flexibility index (Phi) is 5.40. The van der Waals surface area contributed by atoms with Gasteiger partial charge < -0.3 is 15.0 Å². The van der Waals surface area contributed by atoms with Crippen molar-refractivity contribution < 1.29 is 9.53 Å². The highest BCUT2D eigenvalue weighted by molar-refractivity contribution is 5.95. The topological polar surface area (TPSA) is 59.4 Å². The summed E-state index contributed by atoms with van der Waals surface area (Å²) in [7, 11) is 0. The second-order valence-corrected chi connectivity index (χ2v) is 8.55. The SMILES string of the molecule is CC(C)COc1cn(-c2ccccc2)nc1C(=O)N1CCC2(CCNC2)CC1. The van der Waals surface area contributed by atoms with Gasteiger partial charge in [0.25, 0.3) is 5.91 Å². The van der Waals surface area contributed by atoms with Crippen molar-refractivity contribution in [3.8, 4) is 11.4 Å². The predicted molar refractivity (Wildman–Crippen MR) is 109 cm³/mol. The zero-order valence-corrected chi connectivity index (χ0v) is 16.9. The van der Waals surface area contributed by atoms with Crippen molar-refractivity contribution in [1.82, 2.24) is 20.0 Å². The largest absolute Gasteiger partial charge is 0.489 e. The van der Waals surface area contributed by atoms with Gasteiger partial charge in [0.2, 0.25) is 0 Å². The van der Waals surface area contributed by atoms with Crippen LogP contribution in [0.1, 0.15) is 43.6 Å². The van der Waals surface area contributed by atoms with Crippen LogP contribution in [0.15, 0.2) is 36.5 Å². The van der Waals surface area contributed by atoms with Crippen LogP contribution >= 0.6 is 0 Å². The minimum absolute atomic E-state index is 0.0192. The van der Waals surface area contributed by atoms with Crippen LogP contribution in [0.4, 0.5) is 0 Å². The molecule has 0 atom stereocenters. The summed E-state index contributed by atoms with van der Waals surface area (Å²) < 4.78 is 7.71. The first-order valence-electron chi connectivity index (χ1n) is 10.3. The molecule has 28 heavy (non-hydrogen) atoms. The van der Waals surface area contributed by atoms with Crippen molar-refractivity contribution in [2.24, 2.45) is 11.3 Å². The van der Waals surface area contributed by atoms with Gasteiger partial charge in [-0.25, -0.2) is 4.68 Å². The van der Waals surface area contributed by atoms with Gasteiger partial charge in [0.1, 0.15) is 0 Å². The van der Waals surface area contributed by atoms with E-state index in [1.54, 1.807) is 4.68 Å². The average Bonchev–Trinajstić information content (AvgIpc) is 3.35. The molecule has 0 unspecified atom stereocenters. The second-order valence-electron chi connectivity index (χ2n) is 8.55. The zero-order valence-electron chi connectivity index (χ0n) is 16.9. The van der Waals surface area contributed by atoms with Crippen molar-refractivity contribution in [1.29, 1.82) is 0 Å². The number of nitrogens with zero attached hydrogens (tertiary/aromatic N) is 3. The maximum Gasteiger partial charge on any atom is 0.278 e. The molecule has 1 N–H and O–H groups in total. The van der Waals surface area contributed by atoms with Crippen LogP contribution in [-0.4, -0.2) is 53.4 Å². The number of benzene rings is 1. The van der Waals surface area contributed by atoms with Crippen LogP contribution in [-0.2, 0) is 0 Å². The highest BCUT2D eigenvalue weighted by Gasteiger charge is 2.39. The van der Waals surface area contributed by atoms with Crippen molar-refractivity contribution in [2.75, 3.05) is 32.8 Å². The van der Waals surface area contributed by atoms with Crippen LogP contribution in [0, 0.1) is 11.3 Å². The van der Waals surface area contributed by atoms with Crippen molar-refractivity contribution >= 4 is 5.91 Å². The minimum Gasteiger partial charge on any atom is -0.489 e. The number of hydrogen-bond acceptors (Lipinski definition) is 4. The summed E-state index contributed by atoms with van der Waals surface area (Å²) >= 11 is 0. The lowest BCUT2D eigenvalue weighted by atomic mass is 9.78. The quantitative estimate of drug-likeness (QED) is 0.863. The minimum atomic E-state index is -0.0192. The number of piperidine rings is 1. The molecule has 1 aromatic carbocycles. The van der Waals surface area contributed by atoms with E-state index in [0.29, 0.717) is 29.4 Å². The third-order valence-electron chi connectivity index (χ3n) is 5.92. The number of hydrogen-bond donors (Lipinski definition) is 1. The number of likely N-dealkylation sites (tertiary alicyclic amines) is 1. The van der Waals surface area contributed by atoms with E-state index in [-0.39, 0.29) is 5.91 Å². The van der Waals surface area contributed by atoms with Gasteiger partial charge in [0, 0.05) is 19.6 Å². The highest BCUT2D eigenvalue weighted by atomic mass is 16.5. The van der Waals surface area contributed by atoms with Crippen molar-refractivity contribution in [2.45, 2.75) is 33.1 Å². The fraction of sp³-hybridized carbons (Fsp3) is 0.545. The maximum absolute atomic E-state index is 13.3. The number of rotatable bonds is 5. The highest BCUT2D eigenvalue weighted by Crippen LogP contribution is 2.37. The van der Waals surface area contributed by atoms with Crippen LogP contribution < -0.4 is 10.1 Å². The van der Waals surface area contributed by atoms with Gasteiger partial charge in [-0.05, 0) is 49.3 Å². The Morgan fingerprint density at radius 3 is 2.61 bits per heavy atom. The van der Waals surface area contributed by atoms with Crippen LogP contribution in [0.25, 0.3) is 5.69 Å². The Morgan fingerprint density at radius 2 is 1.96 bits per heavy atom. The molecule has 2 saturated heterocycles. The van der Waals surface area contributed by atoms with Crippen molar-refractivity contribution in [3.05, 3.63) is 42.2 Å². The summed E-state index contributed by atoms with van der Waals surface area (Å²) in [5.74, 6) is 0.937. The number of aromatic nitrogens is 2. The first kappa shape index (κ1) is 19.0. The lowest BCUT2D eigenvalue weighted by Gasteiger charge is -2.38. The van der Waals surface area contributed by atoms with Gasteiger partial charge in [0.15, 0.2) is 11.4 Å². The molecule has 3 heterocycles. The molecule has 4 rings (SSSR count). The number of carbonyl (C=O) groups excluding carboxylic acids is 1. The summed E-state index contributed by atoms with van der Waals surface area (Å²) in [6, 6.07) is 9.85. The van der Waals surface area contributed by atoms with Crippen LogP contribution in [0.2, 0.25) is 0 Å². The number of nitrogens with one attached hydrogen (secondary N) is 1. The normalized spacial score (nSPS) is 18.8. The maximum atomic E-state index is 13.3. The van der Waals surface area contributed by atoms with E-state index in [9.17, 15) is 4.79 Å². The fourth-order valence-corrected chi connectivity index (χ4v) is 4.14. The standard InChI is InChI=1S/C22H30N4O2/c1-17(2)15-28-19-14-26(18-6-4-3-5-7-18)24-20(19)21(27)25-12-9-22(10-13-25)8-11-23-16-22/h3-7,14,17,23H,8-13,15-16H2,1-2H3. The first-order chi connectivity index (χ1) is 13.6. The fourth-order valence-electron chi connectivity index (χ4n) is 4.14. The molecule has 0 bridgehead atoms. The number of amides is 1. The molecule has 1 aromatic heterocycles. The van der Waals surface area contributed by atoms with E-state index in [2.05, 4.69) is 24.3 Å². The van der Waals surface area contributed by atoms with Gasteiger partial charge in [-0.15, -0.1) is 0 Å². The second kappa shape index (κ2) is 7.95. The molecule has 2 fully saturated rings. The molecular weight excluding hydrogens is 352 g/mol. The molecule has 2 aromatic rings. The van der Waals surface area contributed by atoms with Crippen molar-refractivity contribution in [3.63, 3.8) is 0 Å². The zero-order chi connectivity index (χ0) is 19.6. The molecule has 2 aliphatic heterocycles. The average molecular weight is 383 g/mol. The predicted octanol–water partition coefficient (Wildman–Crippen LogP) is 3.12. The molecule has 6 nitrogen and oxygen atoms in total. The first-order valence-corrected chi connectivity index (χ1v) is 10.3. The number of para-hydroxylation sites is 1. The monoisotopic (exact) mass is 382 g/mol.